The van der Waals surface area contributed by atoms with Gasteiger partial charge >= 0.3 is 6.18 Å². The second kappa shape index (κ2) is 6.13. The van der Waals surface area contributed by atoms with Gasteiger partial charge in [-0.15, -0.1) is 0 Å². The molecule has 2 heterocycles. The second-order valence-corrected chi connectivity index (χ2v) is 6.65. The summed E-state index contributed by atoms with van der Waals surface area (Å²) in [7, 11) is 0. The van der Waals surface area contributed by atoms with Gasteiger partial charge in [0.2, 0.25) is 12.3 Å². The van der Waals surface area contributed by atoms with Gasteiger partial charge in [0, 0.05) is 11.9 Å². The van der Waals surface area contributed by atoms with Crippen molar-refractivity contribution in [1.82, 2.24) is 9.55 Å². The molecular formula is C19H13ClF3N3O. The third-order valence-corrected chi connectivity index (χ3v) is 4.82. The number of nitrogens with zero attached hydrogens (tertiary/aromatic N) is 3. The Hall–Kier alpha value is -2.80. The molecule has 0 aliphatic carbocycles. The molecule has 1 aliphatic rings. The third-order valence-electron chi connectivity index (χ3n) is 4.49. The molecular weight excluding hydrogens is 379 g/mol. The zero-order valence-electron chi connectivity index (χ0n) is 14.1. The van der Waals surface area contributed by atoms with Gasteiger partial charge in [0.1, 0.15) is 0 Å². The van der Waals surface area contributed by atoms with Gasteiger partial charge < -0.3 is 5.21 Å². The standard InChI is InChI=1S/C19H13ClF3N3O/c1-11-9-24-17-10-25(27)18(13-4-2-3-5-15(13)20)14-8-12(19(21,22)23)6-7-16(14)26(11)17/h2-9H,10H2,1H3. The summed E-state index contributed by atoms with van der Waals surface area (Å²) in [6, 6.07) is 9.96. The van der Waals surface area contributed by atoms with Crippen LogP contribution < -0.4 is 0 Å². The van der Waals surface area contributed by atoms with Crippen LogP contribution in [0.2, 0.25) is 5.02 Å². The Morgan fingerprint density at radius 3 is 2.59 bits per heavy atom. The summed E-state index contributed by atoms with van der Waals surface area (Å²) < 4.78 is 42.3. The first-order valence-corrected chi connectivity index (χ1v) is 8.47. The third kappa shape index (κ3) is 2.88. The molecule has 1 aromatic heterocycles. The van der Waals surface area contributed by atoms with Crippen molar-refractivity contribution in [3.05, 3.63) is 87.1 Å². The van der Waals surface area contributed by atoms with Crippen molar-refractivity contribution in [1.29, 1.82) is 0 Å². The molecule has 3 aromatic rings. The number of fused-ring (bicyclic) bond motifs is 3. The highest BCUT2D eigenvalue weighted by Gasteiger charge is 2.35. The molecule has 1 aliphatic heterocycles. The van der Waals surface area contributed by atoms with Crippen molar-refractivity contribution in [2.75, 3.05) is 0 Å². The first kappa shape index (κ1) is 17.6. The molecule has 138 valence electrons. The van der Waals surface area contributed by atoms with Crippen LogP contribution in [0, 0.1) is 12.1 Å². The maximum absolute atomic E-state index is 13.3. The molecule has 0 amide bonds. The van der Waals surface area contributed by atoms with Crippen LogP contribution in [0.1, 0.15) is 28.2 Å². The summed E-state index contributed by atoms with van der Waals surface area (Å²) in [6.07, 6.45) is -2.95. The van der Waals surface area contributed by atoms with Gasteiger partial charge in [0.25, 0.3) is 0 Å². The smallest absolute Gasteiger partial charge is 0.416 e. The van der Waals surface area contributed by atoms with Gasteiger partial charge in [-0.1, -0.05) is 23.7 Å². The average Bonchev–Trinajstić information content (AvgIpc) is 2.90. The Morgan fingerprint density at radius 1 is 1.15 bits per heavy atom. The van der Waals surface area contributed by atoms with Crippen LogP contribution in [0.25, 0.3) is 5.69 Å². The van der Waals surface area contributed by atoms with Crippen molar-refractivity contribution in [3.63, 3.8) is 0 Å². The van der Waals surface area contributed by atoms with E-state index in [1.54, 1.807) is 42.0 Å². The summed E-state index contributed by atoms with van der Waals surface area (Å²) in [5.41, 5.74) is 0.971. The molecule has 0 saturated heterocycles. The van der Waals surface area contributed by atoms with Crippen LogP contribution in [0.15, 0.2) is 48.7 Å². The summed E-state index contributed by atoms with van der Waals surface area (Å²) in [5.74, 6) is 0.450. The monoisotopic (exact) mass is 391 g/mol. The number of aryl methyl sites for hydroxylation is 1. The molecule has 0 saturated carbocycles. The van der Waals surface area contributed by atoms with Gasteiger partial charge in [-0.2, -0.15) is 17.9 Å². The van der Waals surface area contributed by atoms with Crippen molar-refractivity contribution < 1.29 is 17.9 Å². The number of rotatable bonds is 1. The maximum Gasteiger partial charge on any atom is 0.416 e. The fourth-order valence-electron chi connectivity index (χ4n) is 3.30. The van der Waals surface area contributed by atoms with Crippen LogP contribution in [-0.4, -0.2) is 20.0 Å². The Labute approximate surface area is 157 Å². The minimum absolute atomic E-state index is 0.0894. The molecule has 0 atom stereocenters. The van der Waals surface area contributed by atoms with Crippen LogP contribution in [-0.2, 0) is 12.7 Å². The van der Waals surface area contributed by atoms with Crippen LogP contribution in [0.5, 0.6) is 0 Å². The molecule has 0 N–H and O–H groups in total. The molecule has 0 unspecified atom stereocenters. The lowest BCUT2D eigenvalue weighted by atomic mass is 9.98. The van der Waals surface area contributed by atoms with E-state index in [1.165, 1.54) is 6.07 Å². The first-order valence-electron chi connectivity index (χ1n) is 8.09. The Balaban J connectivity index is 2.09. The first-order chi connectivity index (χ1) is 12.8. The van der Waals surface area contributed by atoms with E-state index in [-0.39, 0.29) is 22.8 Å². The van der Waals surface area contributed by atoms with Gasteiger partial charge in [-0.3, -0.25) is 4.57 Å². The van der Waals surface area contributed by atoms with E-state index >= 15 is 0 Å². The number of alkyl halides is 3. The van der Waals surface area contributed by atoms with E-state index in [1.807, 2.05) is 0 Å². The zero-order valence-corrected chi connectivity index (χ0v) is 14.8. The van der Waals surface area contributed by atoms with E-state index in [2.05, 4.69) is 4.98 Å². The highest BCUT2D eigenvalue weighted by atomic mass is 35.5. The summed E-state index contributed by atoms with van der Waals surface area (Å²) in [4.78, 5) is 4.24. The van der Waals surface area contributed by atoms with Gasteiger partial charge in [0.15, 0.2) is 5.82 Å². The second-order valence-electron chi connectivity index (χ2n) is 6.25. The Bertz CT molecular complexity index is 1090. The van der Waals surface area contributed by atoms with E-state index in [0.717, 1.165) is 17.8 Å². The van der Waals surface area contributed by atoms with Gasteiger partial charge in [-0.05, 0) is 37.3 Å². The van der Waals surface area contributed by atoms with Crippen LogP contribution >= 0.6 is 11.6 Å². The van der Waals surface area contributed by atoms with Gasteiger partial charge in [0.05, 0.1) is 27.4 Å². The summed E-state index contributed by atoms with van der Waals surface area (Å²) >= 11 is 6.26. The van der Waals surface area contributed by atoms with E-state index in [0.29, 0.717) is 21.8 Å². The van der Waals surface area contributed by atoms with E-state index < -0.39 is 11.7 Å². The van der Waals surface area contributed by atoms with Gasteiger partial charge in [-0.25, -0.2) is 4.98 Å². The quantitative estimate of drug-likeness (QED) is 0.445. The van der Waals surface area contributed by atoms with Crippen molar-refractivity contribution >= 4 is 17.3 Å². The lowest BCUT2D eigenvalue weighted by Crippen LogP contribution is -2.19. The Morgan fingerprint density at radius 2 is 1.89 bits per heavy atom. The number of benzene rings is 2. The van der Waals surface area contributed by atoms with E-state index in [9.17, 15) is 18.4 Å². The molecule has 0 radical (unpaired) electrons. The highest BCUT2D eigenvalue weighted by molar-refractivity contribution is 6.35. The van der Waals surface area contributed by atoms with Crippen LogP contribution in [0.3, 0.4) is 0 Å². The highest BCUT2D eigenvalue weighted by Crippen LogP contribution is 2.35. The molecule has 0 spiro atoms. The average molecular weight is 392 g/mol. The largest absolute Gasteiger partial charge is 0.623 e. The minimum Gasteiger partial charge on any atom is -0.623 e. The van der Waals surface area contributed by atoms with Crippen molar-refractivity contribution in [2.45, 2.75) is 19.6 Å². The molecule has 0 fully saturated rings. The number of aromatic nitrogens is 2. The fraction of sp³-hybridized carbons (Fsp3) is 0.158. The van der Waals surface area contributed by atoms with Crippen molar-refractivity contribution in [2.24, 2.45) is 0 Å². The number of halogens is 4. The fourth-order valence-corrected chi connectivity index (χ4v) is 3.52. The lowest BCUT2D eigenvalue weighted by molar-refractivity contribution is -0.475. The van der Waals surface area contributed by atoms with E-state index in [4.69, 9.17) is 11.6 Å². The molecule has 27 heavy (non-hydrogen) atoms. The number of hydrogen-bond donors (Lipinski definition) is 0. The number of imidazole rings is 1. The summed E-state index contributed by atoms with van der Waals surface area (Å²) in [5, 5.41) is 13.2. The predicted molar refractivity (Wildman–Crippen MR) is 95.3 cm³/mol. The molecule has 4 nitrogen and oxygen atoms in total. The maximum atomic E-state index is 13.3. The minimum atomic E-state index is -4.53. The summed E-state index contributed by atoms with van der Waals surface area (Å²) in [6.45, 7) is 1.68. The molecule has 0 bridgehead atoms. The molecule has 8 heteroatoms. The normalized spacial score (nSPS) is 14.0. The topological polar surface area (TPSA) is 43.9 Å². The number of hydroxylamine groups is 1. The predicted octanol–water partition coefficient (Wildman–Crippen LogP) is 4.71. The lowest BCUT2D eigenvalue weighted by Gasteiger charge is -2.15. The number of hydrogen-bond acceptors (Lipinski definition) is 2. The Kier molecular flexibility index (Phi) is 3.99. The molecule has 2 aromatic carbocycles. The SMILES string of the molecule is Cc1cnc2n1-c1ccc(C(F)(F)F)cc1C(c1ccccc1Cl)=[N+]([O-])C2. The molecule has 4 rings (SSSR count). The van der Waals surface area contributed by atoms with Crippen molar-refractivity contribution in [3.8, 4) is 5.69 Å². The van der Waals surface area contributed by atoms with Crippen LogP contribution in [0.4, 0.5) is 13.2 Å². The zero-order chi connectivity index (χ0) is 19.3.